The van der Waals surface area contributed by atoms with E-state index < -0.39 is 18.0 Å². The van der Waals surface area contributed by atoms with Gasteiger partial charge in [-0.25, -0.2) is 4.79 Å². The van der Waals surface area contributed by atoms with Crippen molar-refractivity contribution in [1.29, 1.82) is 0 Å². The molecule has 1 heterocycles. The van der Waals surface area contributed by atoms with Crippen LogP contribution in [0.3, 0.4) is 0 Å². The van der Waals surface area contributed by atoms with Crippen molar-refractivity contribution in [3.05, 3.63) is 42.1 Å². The standard InChI is InChI=1S/C15H16N2O5/c1-10-8-13(22-17-10)16-15(19)11(2)21-14(18)9-20-12-6-4-3-5-7-12/h3-8,11H,9H2,1-2H3,(H,16,19)/t11-/m0/s1. The number of benzene rings is 1. The lowest BCUT2D eigenvalue weighted by molar-refractivity contribution is -0.155. The molecule has 7 heteroatoms. The maximum atomic E-state index is 11.8. The van der Waals surface area contributed by atoms with Crippen molar-refractivity contribution < 1.29 is 23.6 Å². The predicted molar refractivity (Wildman–Crippen MR) is 77.4 cm³/mol. The van der Waals surface area contributed by atoms with Crippen molar-refractivity contribution >= 4 is 17.8 Å². The van der Waals surface area contributed by atoms with Crippen LogP contribution in [0.2, 0.25) is 0 Å². The molecule has 2 rings (SSSR count). The first-order valence-corrected chi connectivity index (χ1v) is 6.66. The van der Waals surface area contributed by atoms with E-state index in [1.165, 1.54) is 6.92 Å². The summed E-state index contributed by atoms with van der Waals surface area (Å²) >= 11 is 0. The van der Waals surface area contributed by atoms with E-state index in [0.29, 0.717) is 11.4 Å². The van der Waals surface area contributed by atoms with Crippen LogP contribution in [0.5, 0.6) is 5.75 Å². The van der Waals surface area contributed by atoms with Gasteiger partial charge in [0.1, 0.15) is 5.75 Å². The van der Waals surface area contributed by atoms with Crippen molar-refractivity contribution in [1.82, 2.24) is 5.16 Å². The minimum Gasteiger partial charge on any atom is -0.482 e. The topological polar surface area (TPSA) is 90.7 Å². The first kappa shape index (κ1) is 15.6. The van der Waals surface area contributed by atoms with E-state index in [1.54, 1.807) is 37.3 Å². The van der Waals surface area contributed by atoms with E-state index in [9.17, 15) is 9.59 Å². The number of hydrogen-bond acceptors (Lipinski definition) is 6. The summed E-state index contributed by atoms with van der Waals surface area (Å²) in [7, 11) is 0. The summed E-state index contributed by atoms with van der Waals surface area (Å²) in [5.41, 5.74) is 0.635. The van der Waals surface area contributed by atoms with Crippen LogP contribution < -0.4 is 10.1 Å². The summed E-state index contributed by atoms with van der Waals surface area (Å²) in [6, 6.07) is 10.4. The average molecular weight is 304 g/mol. The molecule has 1 atom stereocenters. The van der Waals surface area contributed by atoms with Crippen LogP contribution in [0.25, 0.3) is 0 Å². The number of nitrogens with zero attached hydrogens (tertiary/aromatic N) is 1. The van der Waals surface area contributed by atoms with E-state index in [4.69, 9.17) is 14.0 Å². The van der Waals surface area contributed by atoms with Crippen molar-refractivity contribution in [2.45, 2.75) is 20.0 Å². The molecule has 0 bridgehead atoms. The number of carbonyl (C=O) groups is 2. The van der Waals surface area contributed by atoms with Crippen LogP contribution in [-0.4, -0.2) is 29.7 Å². The van der Waals surface area contributed by atoms with E-state index in [-0.39, 0.29) is 12.5 Å². The summed E-state index contributed by atoms with van der Waals surface area (Å²) < 4.78 is 15.1. The molecule has 1 amide bonds. The lowest BCUT2D eigenvalue weighted by atomic mass is 10.3. The summed E-state index contributed by atoms with van der Waals surface area (Å²) in [6.45, 7) is 2.91. The molecule has 0 spiro atoms. The van der Waals surface area contributed by atoms with Crippen LogP contribution >= 0.6 is 0 Å². The molecule has 0 unspecified atom stereocenters. The van der Waals surface area contributed by atoms with Gasteiger partial charge < -0.3 is 14.0 Å². The largest absolute Gasteiger partial charge is 0.482 e. The Kier molecular flexibility index (Phi) is 5.13. The number of hydrogen-bond donors (Lipinski definition) is 1. The molecule has 7 nitrogen and oxygen atoms in total. The first-order valence-electron chi connectivity index (χ1n) is 6.66. The van der Waals surface area contributed by atoms with Gasteiger partial charge in [-0.05, 0) is 26.0 Å². The Morgan fingerprint density at radius 1 is 1.32 bits per heavy atom. The molecule has 2 aromatic rings. The second-order valence-electron chi connectivity index (χ2n) is 4.56. The third-order valence-corrected chi connectivity index (χ3v) is 2.65. The highest BCUT2D eigenvalue weighted by molar-refractivity contribution is 5.94. The SMILES string of the molecule is Cc1cc(NC(=O)[C@H](C)OC(=O)COc2ccccc2)on1. The Balaban J connectivity index is 1.76. The molecular formula is C15H16N2O5. The second-order valence-corrected chi connectivity index (χ2v) is 4.56. The summed E-state index contributed by atoms with van der Waals surface area (Å²) in [5, 5.41) is 6.09. The van der Waals surface area contributed by atoms with Crippen LogP contribution in [-0.2, 0) is 14.3 Å². The molecule has 1 aromatic carbocycles. The average Bonchev–Trinajstić information content (AvgIpc) is 2.91. The van der Waals surface area contributed by atoms with Crippen LogP contribution in [0, 0.1) is 6.92 Å². The highest BCUT2D eigenvalue weighted by atomic mass is 16.6. The van der Waals surface area contributed by atoms with Gasteiger partial charge in [-0.15, -0.1) is 0 Å². The van der Waals surface area contributed by atoms with E-state index in [1.807, 2.05) is 6.07 Å². The Morgan fingerprint density at radius 2 is 2.05 bits per heavy atom. The van der Waals surface area contributed by atoms with Crippen LogP contribution in [0.15, 0.2) is 40.9 Å². The molecule has 1 N–H and O–H groups in total. The minimum atomic E-state index is -0.975. The maximum Gasteiger partial charge on any atom is 0.344 e. The molecule has 0 fully saturated rings. The number of ether oxygens (including phenoxy) is 2. The third kappa shape index (κ3) is 4.62. The Labute approximate surface area is 127 Å². The number of aryl methyl sites for hydroxylation is 1. The Morgan fingerprint density at radius 3 is 2.68 bits per heavy atom. The van der Waals surface area contributed by atoms with Crippen molar-refractivity contribution in [3.8, 4) is 5.75 Å². The predicted octanol–water partition coefficient (Wildman–Crippen LogP) is 1.93. The van der Waals surface area contributed by atoms with Gasteiger partial charge >= 0.3 is 5.97 Å². The molecule has 116 valence electrons. The van der Waals surface area contributed by atoms with Crippen molar-refractivity contribution in [2.24, 2.45) is 0 Å². The summed E-state index contributed by atoms with van der Waals surface area (Å²) in [6.07, 6.45) is -0.975. The molecular weight excluding hydrogens is 288 g/mol. The fraction of sp³-hybridized carbons (Fsp3) is 0.267. The van der Waals surface area contributed by atoms with Crippen molar-refractivity contribution in [3.63, 3.8) is 0 Å². The van der Waals surface area contributed by atoms with Gasteiger partial charge in [-0.1, -0.05) is 23.4 Å². The quantitative estimate of drug-likeness (QED) is 0.820. The smallest absolute Gasteiger partial charge is 0.344 e. The lowest BCUT2D eigenvalue weighted by Crippen LogP contribution is -2.31. The van der Waals surface area contributed by atoms with E-state index >= 15 is 0 Å². The molecule has 0 saturated heterocycles. The molecule has 0 aliphatic heterocycles. The highest BCUT2D eigenvalue weighted by Gasteiger charge is 2.19. The monoisotopic (exact) mass is 304 g/mol. The highest BCUT2D eigenvalue weighted by Crippen LogP contribution is 2.10. The van der Waals surface area contributed by atoms with Gasteiger partial charge in [0.25, 0.3) is 5.91 Å². The lowest BCUT2D eigenvalue weighted by Gasteiger charge is -2.12. The number of aromatic nitrogens is 1. The van der Waals surface area contributed by atoms with Gasteiger partial charge in [-0.3, -0.25) is 10.1 Å². The third-order valence-electron chi connectivity index (χ3n) is 2.65. The zero-order valence-electron chi connectivity index (χ0n) is 12.2. The second kappa shape index (κ2) is 7.26. The Bertz CT molecular complexity index is 638. The van der Waals surface area contributed by atoms with Crippen LogP contribution in [0.1, 0.15) is 12.6 Å². The number of para-hydroxylation sites is 1. The number of nitrogens with one attached hydrogen (secondary N) is 1. The fourth-order valence-corrected chi connectivity index (χ4v) is 1.59. The van der Waals surface area contributed by atoms with Crippen molar-refractivity contribution in [2.75, 3.05) is 11.9 Å². The summed E-state index contributed by atoms with van der Waals surface area (Å²) in [4.78, 5) is 23.4. The van der Waals surface area contributed by atoms with Gasteiger partial charge in [0.15, 0.2) is 12.7 Å². The normalized spacial score (nSPS) is 11.5. The maximum absolute atomic E-state index is 11.8. The van der Waals surface area contributed by atoms with Crippen LogP contribution in [0.4, 0.5) is 5.88 Å². The zero-order chi connectivity index (χ0) is 15.9. The Hall–Kier alpha value is -2.83. The number of anilines is 1. The fourth-order valence-electron chi connectivity index (χ4n) is 1.59. The van der Waals surface area contributed by atoms with Gasteiger partial charge in [0.05, 0.1) is 5.69 Å². The van der Waals surface area contributed by atoms with E-state index in [0.717, 1.165) is 0 Å². The number of esters is 1. The first-order chi connectivity index (χ1) is 10.5. The molecule has 0 radical (unpaired) electrons. The zero-order valence-corrected chi connectivity index (χ0v) is 12.2. The molecule has 22 heavy (non-hydrogen) atoms. The van der Waals surface area contributed by atoms with Gasteiger partial charge in [0.2, 0.25) is 5.88 Å². The van der Waals surface area contributed by atoms with Gasteiger partial charge in [-0.2, -0.15) is 0 Å². The van der Waals surface area contributed by atoms with E-state index in [2.05, 4.69) is 10.5 Å². The number of amides is 1. The molecule has 0 aliphatic rings. The molecule has 0 aliphatic carbocycles. The summed E-state index contributed by atoms with van der Waals surface area (Å²) in [5.74, 6) is -0.399. The molecule has 1 aromatic heterocycles. The van der Waals surface area contributed by atoms with Gasteiger partial charge in [0, 0.05) is 6.07 Å². The molecule has 0 saturated carbocycles. The number of carbonyl (C=O) groups excluding carboxylic acids is 2. The minimum absolute atomic E-state index is 0.200. The number of rotatable bonds is 6.